The molecule has 1 unspecified atom stereocenters. The summed E-state index contributed by atoms with van der Waals surface area (Å²) in [6.07, 6.45) is 2.39. The van der Waals surface area contributed by atoms with Gasteiger partial charge in [-0.25, -0.2) is 0 Å². The Labute approximate surface area is 193 Å². The number of likely N-dealkylation sites (N-methyl/N-ethyl adjacent to an activating group) is 1. The van der Waals surface area contributed by atoms with E-state index < -0.39 is 6.10 Å². The van der Waals surface area contributed by atoms with Crippen LogP contribution in [0.5, 0.6) is 5.75 Å². The Hall–Kier alpha value is -2.25. The number of phenolic OH excluding ortho intramolecular Hbond substituents is 1. The third-order valence-electron chi connectivity index (χ3n) is 4.83. The first-order chi connectivity index (χ1) is 14.9. The second-order valence-corrected chi connectivity index (χ2v) is 8.53. The molecule has 0 aliphatic heterocycles. The number of hydrogen-bond donors (Lipinski definition) is 3. The third kappa shape index (κ3) is 8.79. The molecule has 0 amide bonds. The molecule has 0 saturated carbocycles. The number of aliphatic hydroxyl groups is 1. The van der Waals surface area contributed by atoms with Crippen molar-refractivity contribution in [3.05, 3.63) is 94.2 Å². The lowest BCUT2D eigenvalue weighted by molar-refractivity contribution is 0.177. The van der Waals surface area contributed by atoms with Gasteiger partial charge >= 0.3 is 0 Å². The standard InChI is InChI=1S/C16H19BrN2.C9H13NO2/c1-19(2)12-10-15(16-5-3-4-11-18-16)13-6-8-14(17)9-7-13;1-10-6-9(12)7-3-2-4-8(11)5-7/h3-9,11,15H,10,12H2,1-2H3;2-5,9-12H,6H2,1H3/t;9-/m.0/s1. The molecule has 2 aromatic carbocycles. The van der Waals surface area contributed by atoms with Crippen molar-refractivity contribution in [3.63, 3.8) is 0 Å². The van der Waals surface area contributed by atoms with Gasteiger partial charge < -0.3 is 20.4 Å². The number of nitrogens with one attached hydrogen (secondary N) is 1. The minimum absolute atomic E-state index is 0.183. The zero-order valence-electron chi connectivity index (χ0n) is 18.4. The normalized spacial score (nSPS) is 12.7. The number of phenols is 1. The number of hydrogen-bond acceptors (Lipinski definition) is 5. The maximum absolute atomic E-state index is 9.47. The minimum atomic E-state index is -0.554. The monoisotopic (exact) mass is 485 g/mol. The van der Waals surface area contributed by atoms with Crippen LogP contribution in [0.1, 0.15) is 35.3 Å². The van der Waals surface area contributed by atoms with Crippen LogP contribution >= 0.6 is 15.9 Å². The molecule has 1 heterocycles. The number of nitrogens with zero attached hydrogens (tertiary/aromatic N) is 2. The quantitative estimate of drug-likeness (QED) is 0.435. The Morgan fingerprint density at radius 1 is 1.00 bits per heavy atom. The Morgan fingerprint density at radius 3 is 2.32 bits per heavy atom. The van der Waals surface area contributed by atoms with E-state index in [0.717, 1.165) is 28.7 Å². The molecule has 0 bridgehead atoms. The van der Waals surface area contributed by atoms with Crippen LogP contribution < -0.4 is 5.32 Å². The molecule has 0 fully saturated rings. The van der Waals surface area contributed by atoms with E-state index in [1.165, 1.54) is 5.56 Å². The summed E-state index contributed by atoms with van der Waals surface area (Å²) >= 11 is 3.49. The van der Waals surface area contributed by atoms with Gasteiger partial charge in [-0.2, -0.15) is 0 Å². The molecule has 166 valence electrons. The van der Waals surface area contributed by atoms with Gasteiger partial charge in [0, 0.05) is 28.8 Å². The topological polar surface area (TPSA) is 68.6 Å². The van der Waals surface area contributed by atoms with Crippen molar-refractivity contribution in [1.82, 2.24) is 15.2 Å². The third-order valence-corrected chi connectivity index (χ3v) is 5.36. The number of aliphatic hydroxyl groups excluding tert-OH is 1. The smallest absolute Gasteiger partial charge is 0.115 e. The summed E-state index contributed by atoms with van der Waals surface area (Å²) in [5, 5.41) is 21.4. The van der Waals surface area contributed by atoms with Gasteiger partial charge in [0.25, 0.3) is 0 Å². The van der Waals surface area contributed by atoms with E-state index in [-0.39, 0.29) is 5.75 Å². The van der Waals surface area contributed by atoms with E-state index in [1.807, 2.05) is 12.3 Å². The number of halogens is 1. The first-order valence-electron chi connectivity index (χ1n) is 10.3. The summed E-state index contributed by atoms with van der Waals surface area (Å²) in [5.41, 5.74) is 3.19. The maximum Gasteiger partial charge on any atom is 0.115 e. The Balaban J connectivity index is 0.000000245. The molecule has 2 atom stereocenters. The van der Waals surface area contributed by atoms with E-state index in [4.69, 9.17) is 5.11 Å². The first-order valence-corrected chi connectivity index (χ1v) is 11.1. The summed E-state index contributed by atoms with van der Waals surface area (Å²) in [4.78, 5) is 6.74. The van der Waals surface area contributed by atoms with Crippen molar-refractivity contribution < 1.29 is 10.2 Å². The van der Waals surface area contributed by atoms with Crippen LogP contribution in [-0.4, -0.2) is 54.3 Å². The van der Waals surface area contributed by atoms with Crippen LogP contribution in [0.25, 0.3) is 0 Å². The van der Waals surface area contributed by atoms with Crippen LogP contribution in [0.15, 0.2) is 77.4 Å². The average molecular weight is 486 g/mol. The van der Waals surface area contributed by atoms with Crippen molar-refractivity contribution in [2.24, 2.45) is 0 Å². The van der Waals surface area contributed by atoms with Gasteiger partial charge in [-0.3, -0.25) is 4.98 Å². The molecule has 3 aromatic rings. The molecule has 31 heavy (non-hydrogen) atoms. The fraction of sp³-hybridized carbons (Fsp3) is 0.320. The van der Waals surface area contributed by atoms with E-state index in [2.05, 4.69) is 81.6 Å². The van der Waals surface area contributed by atoms with Gasteiger partial charge in [0.05, 0.1) is 6.10 Å². The summed E-state index contributed by atoms with van der Waals surface area (Å²) in [6.45, 7) is 1.54. The molecule has 5 nitrogen and oxygen atoms in total. The minimum Gasteiger partial charge on any atom is -0.508 e. The number of rotatable bonds is 8. The highest BCUT2D eigenvalue weighted by molar-refractivity contribution is 9.10. The van der Waals surface area contributed by atoms with Gasteiger partial charge in [-0.1, -0.05) is 46.3 Å². The molecule has 0 radical (unpaired) electrons. The number of aromatic hydroxyl groups is 1. The van der Waals surface area contributed by atoms with Crippen LogP contribution in [-0.2, 0) is 0 Å². The SMILES string of the molecule is CN(C)CCC(c1ccc(Br)cc1)c1ccccn1.CNC[C@H](O)c1cccc(O)c1. The van der Waals surface area contributed by atoms with Crippen molar-refractivity contribution in [3.8, 4) is 5.75 Å². The predicted octanol–water partition coefficient (Wildman–Crippen LogP) is 4.57. The molecule has 3 N–H and O–H groups in total. The zero-order valence-corrected chi connectivity index (χ0v) is 20.0. The lowest BCUT2D eigenvalue weighted by Crippen LogP contribution is -2.17. The highest BCUT2D eigenvalue weighted by Gasteiger charge is 2.15. The molecular weight excluding hydrogens is 454 g/mol. The number of aromatic nitrogens is 1. The Kier molecular flexibility index (Phi) is 10.7. The first kappa shape index (κ1) is 25.0. The summed E-state index contributed by atoms with van der Waals surface area (Å²) in [6, 6.07) is 21.3. The average Bonchev–Trinajstić information content (AvgIpc) is 2.76. The van der Waals surface area contributed by atoms with Crippen LogP contribution in [0.4, 0.5) is 0 Å². The largest absolute Gasteiger partial charge is 0.508 e. The zero-order chi connectivity index (χ0) is 22.6. The van der Waals surface area contributed by atoms with Gasteiger partial charge in [-0.15, -0.1) is 0 Å². The fourth-order valence-corrected chi connectivity index (χ4v) is 3.46. The molecule has 6 heteroatoms. The number of benzene rings is 2. The van der Waals surface area contributed by atoms with Crippen molar-refractivity contribution in [1.29, 1.82) is 0 Å². The predicted molar refractivity (Wildman–Crippen MR) is 130 cm³/mol. The molecule has 0 aliphatic rings. The molecule has 1 aromatic heterocycles. The van der Waals surface area contributed by atoms with Crippen molar-refractivity contribution in [2.75, 3.05) is 34.2 Å². The van der Waals surface area contributed by atoms with Gasteiger partial charge in [-0.05, 0) is 81.6 Å². The van der Waals surface area contributed by atoms with E-state index >= 15 is 0 Å². The molecule has 0 saturated heterocycles. The van der Waals surface area contributed by atoms with Crippen LogP contribution in [0.3, 0.4) is 0 Å². The highest BCUT2D eigenvalue weighted by Crippen LogP contribution is 2.27. The highest BCUT2D eigenvalue weighted by atomic mass is 79.9. The van der Waals surface area contributed by atoms with Crippen LogP contribution in [0, 0.1) is 0 Å². The Bertz CT molecular complexity index is 889. The lowest BCUT2D eigenvalue weighted by Gasteiger charge is -2.19. The van der Waals surface area contributed by atoms with Gasteiger partial charge in [0.2, 0.25) is 0 Å². The summed E-state index contributed by atoms with van der Waals surface area (Å²) in [5.74, 6) is 0.541. The molecular formula is C25H32BrN3O2. The van der Waals surface area contributed by atoms with Crippen molar-refractivity contribution >= 4 is 15.9 Å². The molecule has 3 rings (SSSR count). The maximum atomic E-state index is 9.47. The van der Waals surface area contributed by atoms with Crippen molar-refractivity contribution in [2.45, 2.75) is 18.4 Å². The number of pyridine rings is 1. The van der Waals surface area contributed by atoms with E-state index in [1.54, 1.807) is 31.3 Å². The second-order valence-electron chi connectivity index (χ2n) is 7.62. The second kappa shape index (κ2) is 13.2. The fourth-order valence-electron chi connectivity index (χ4n) is 3.19. The summed E-state index contributed by atoms with van der Waals surface area (Å²) < 4.78 is 1.11. The molecule has 0 spiro atoms. The lowest BCUT2D eigenvalue weighted by atomic mass is 9.92. The van der Waals surface area contributed by atoms with Gasteiger partial charge in [0.15, 0.2) is 0 Å². The van der Waals surface area contributed by atoms with Gasteiger partial charge in [0.1, 0.15) is 5.75 Å². The Morgan fingerprint density at radius 2 is 1.74 bits per heavy atom. The van der Waals surface area contributed by atoms with E-state index in [0.29, 0.717) is 12.5 Å². The van der Waals surface area contributed by atoms with E-state index in [9.17, 15) is 5.11 Å². The summed E-state index contributed by atoms with van der Waals surface area (Å²) in [7, 11) is 5.99. The van der Waals surface area contributed by atoms with Crippen LogP contribution in [0.2, 0.25) is 0 Å². The molecule has 0 aliphatic carbocycles.